The van der Waals surface area contributed by atoms with Gasteiger partial charge in [0, 0.05) is 19.9 Å². The van der Waals surface area contributed by atoms with Gasteiger partial charge in [0.05, 0.1) is 9.68 Å². The van der Waals surface area contributed by atoms with Crippen molar-refractivity contribution in [1.29, 1.82) is 0 Å². The number of benzene rings is 3. The molecule has 0 aliphatic heterocycles. The molecule has 1 nitrogen and oxygen atoms in total. The lowest BCUT2D eigenvalue weighted by Crippen LogP contribution is -2.48. The van der Waals surface area contributed by atoms with E-state index in [1.807, 2.05) is 43.4 Å². The number of aliphatic hydroxyl groups is 1. The summed E-state index contributed by atoms with van der Waals surface area (Å²) in [6, 6.07) is 31.8. The van der Waals surface area contributed by atoms with Crippen LogP contribution in [0.15, 0.2) is 106 Å². The van der Waals surface area contributed by atoms with Crippen LogP contribution in [0.5, 0.6) is 0 Å². The second kappa shape index (κ2) is 11.2. The average molecular weight is 483 g/mol. The summed E-state index contributed by atoms with van der Waals surface area (Å²) in [7, 11) is 0. The number of thioether (sulfide) groups is 3. The molecular weight excluding hydrogens is 449 g/mol. The zero-order valence-electron chi connectivity index (χ0n) is 19.6. The highest BCUT2D eigenvalue weighted by molar-refractivity contribution is 8.18. The fourth-order valence-electron chi connectivity index (χ4n) is 4.03. The predicted octanol–water partition coefficient (Wildman–Crippen LogP) is 8.49. The molecule has 0 saturated heterocycles. The van der Waals surface area contributed by atoms with Gasteiger partial charge in [-0.2, -0.15) is 0 Å². The van der Waals surface area contributed by atoms with Crippen molar-refractivity contribution >= 4 is 35.3 Å². The minimum absolute atomic E-state index is 0.0136. The normalized spacial score (nSPS) is 14.3. The molecule has 170 valence electrons. The maximum Gasteiger partial charge on any atom is 0.0764 e. The molecule has 0 heterocycles. The quantitative estimate of drug-likeness (QED) is 0.231. The molecule has 0 spiro atoms. The Hall–Kier alpha value is -1.33. The monoisotopic (exact) mass is 482 g/mol. The van der Waals surface area contributed by atoms with Gasteiger partial charge in [0.25, 0.3) is 0 Å². The summed E-state index contributed by atoms with van der Waals surface area (Å²) in [6.07, 6.45) is 0. The Morgan fingerprint density at radius 1 is 0.625 bits per heavy atom. The van der Waals surface area contributed by atoms with Gasteiger partial charge < -0.3 is 5.11 Å². The molecule has 3 aromatic carbocycles. The van der Waals surface area contributed by atoms with Gasteiger partial charge in [0.1, 0.15) is 0 Å². The zero-order chi connectivity index (χ0) is 23.2. The van der Waals surface area contributed by atoms with E-state index in [4.69, 9.17) is 0 Å². The topological polar surface area (TPSA) is 20.2 Å². The Bertz CT molecular complexity index is 895. The second-order valence-corrected chi connectivity index (χ2v) is 13.2. The van der Waals surface area contributed by atoms with Crippen molar-refractivity contribution in [3.8, 4) is 0 Å². The highest BCUT2D eigenvalue weighted by atomic mass is 32.2. The van der Waals surface area contributed by atoms with E-state index in [1.54, 1.807) is 11.8 Å². The first kappa shape index (κ1) is 25.3. The third-order valence-corrected chi connectivity index (χ3v) is 11.3. The van der Waals surface area contributed by atoms with Gasteiger partial charge in [0.15, 0.2) is 0 Å². The zero-order valence-corrected chi connectivity index (χ0v) is 22.0. The van der Waals surface area contributed by atoms with Gasteiger partial charge in [-0.1, -0.05) is 75.4 Å². The molecule has 4 heteroatoms. The summed E-state index contributed by atoms with van der Waals surface area (Å²) < 4.78 is -0.171. The summed E-state index contributed by atoms with van der Waals surface area (Å²) in [4.78, 5) is 3.71. The predicted molar refractivity (Wildman–Crippen MR) is 144 cm³/mol. The van der Waals surface area contributed by atoms with Crippen molar-refractivity contribution in [3.05, 3.63) is 91.0 Å². The van der Waals surface area contributed by atoms with E-state index in [9.17, 15) is 5.11 Å². The number of hydrogen-bond donors (Lipinski definition) is 1. The smallest absolute Gasteiger partial charge is 0.0764 e. The van der Waals surface area contributed by atoms with Gasteiger partial charge in [-0.15, -0.1) is 35.3 Å². The van der Waals surface area contributed by atoms with E-state index >= 15 is 0 Å². The molecule has 0 aliphatic carbocycles. The van der Waals surface area contributed by atoms with Crippen LogP contribution in [0.25, 0.3) is 0 Å². The van der Waals surface area contributed by atoms with Crippen molar-refractivity contribution in [3.63, 3.8) is 0 Å². The van der Waals surface area contributed by atoms with E-state index in [0.717, 1.165) is 0 Å². The standard InChI is InChI=1S/C28H34OS3/c1-21(2)28(31-24-17-11-7-12-18-24,32-25-19-13-8-14-20-25)22(3)26(27(4,5)29)30-23-15-9-6-10-16-23/h6-22,26,29H,1-5H3/t22-,26-/m1/s1. The molecule has 0 radical (unpaired) electrons. The van der Waals surface area contributed by atoms with Crippen molar-refractivity contribution < 1.29 is 5.11 Å². The van der Waals surface area contributed by atoms with Crippen LogP contribution in [0, 0.1) is 11.8 Å². The van der Waals surface area contributed by atoms with Gasteiger partial charge >= 0.3 is 0 Å². The summed E-state index contributed by atoms with van der Waals surface area (Å²) in [5.74, 6) is 0.567. The summed E-state index contributed by atoms with van der Waals surface area (Å²) in [5.41, 5.74) is -0.839. The molecular formula is C28H34OS3. The van der Waals surface area contributed by atoms with Gasteiger partial charge in [-0.05, 0) is 62.1 Å². The average Bonchev–Trinajstić information content (AvgIpc) is 2.78. The van der Waals surface area contributed by atoms with Crippen LogP contribution in [0.3, 0.4) is 0 Å². The fourth-order valence-corrected chi connectivity index (χ4v) is 8.70. The minimum atomic E-state index is -0.839. The van der Waals surface area contributed by atoms with Crippen LogP contribution in [-0.4, -0.2) is 20.0 Å². The largest absolute Gasteiger partial charge is 0.389 e. The van der Waals surface area contributed by atoms with Crippen LogP contribution in [0.2, 0.25) is 0 Å². The Labute approximate surface area is 206 Å². The summed E-state index contributed by atoms with van der Waals surface area (Å²) >= 11 is 5.67. The van der Waals surface area contributed by atoms with Crippen LogP contribution in [-0.2, 0) is 0 Å². The van der Waals surface area contributed by atoms with Crippen molar-refractivity contribution in [2.24, 2.45) is 11.8 Å². The van der Waals surface area contributed by atoms with Crippen LogP contribution >= 0.6 is 35.3 Å². The summed E-state index contributed by atoms with van der Waals surface area (Å²) in [6.45, 7) is 10.9. The molecule has 0 aliphatic rings. The van der Waals surface area contributed by atoms with Crippen LogP contribution in [0.1, 0.15) is 34.6 Å². The molecule has 32 heavy (non-hydrogen) atoms. The highest BCUT2D eigenvalue weighted by Gasteiger charge is 2.48. The lowest BCUT2D eigenvalue weighted by Gasteiger charge is -2.47. The third kappa shape index (κ3) is 6.38. The molecule has 0 aromatic heterocycles. The first-order valence-electron chi connectivity index (χ1n) is 11.1. The Morgan fingerprint density at radius 3 is 1.34 bits per heavy atom. The Balaban J connectivity index is 2.07. The first-order chi connectivity index (χ1) is 15.2. The minimum Gasteiger partial charge on any atom is -0.389 e. The molecule has 3 aromatic rings. The van der Waals surface area contributed by atoms with Gasteiger partial charge in [0.2, 0.25) is 0 Å². The lowest BCUT2D eigenvalue weighted by molar-refractivity contribution is 0.0588. The maximum absolute atomic E-state index is 11.3. The van der Waals surface area contributed by atoms with Crippen molar-refractivity contribution in [1.82, 2.24) is 0 Å². The molecule has 0 unspecified atom stereocenters. The first-order valence-corrected chi connectivity index (χ1v) is 13.7. The van der Waals surface area contributed by atoms with E-state index < -0.39 is 5.60 Å². The number of rotatable bonds is 10. The van der Waals surface area contributed by atoms with Crippen LogP contribution in [0.4, 0.5) is 0 Å². The fraction of sp³-hybridized carbons (Fsp3) is 0.357. The number of hydrogen-bond acceptors (Lipinski definition) is 4. The van der Waals surface area contributed by atoms with E-state index in [0.29, 0.717) is 5.92 Å². The van der Waals surface area contributed by atoms with Crippen molar-refractivity contribution in [2.75, 3.05) is 0 Å². The van der Waals surface area contributed by atoms with E-state index in [1.165, 1.54) is 14.7 Å². The Kier molecular flexibility index (Phi) is 8.85. The van der Waals surface area contributed by atoms with Gasteiger partial charge in [-0.3, -0.25) is 0 Å². The third-order valence-electron chi connectivity index (χ3n) is 5.64. The highest BCUT2D eigenvalue weighted by Crippen LogP contribution is 2.58. The lowest BCUT2D eigenvalue weighted by atomic mass is 9.87. The molecule has 3 rings (SSSR count). The van der Waals surface area contributed by atoms with E-state index in [2.05, 4.69) is 106 Å². The second-order valence-electron chi connectivity index (χ2n) is 9.00. The van der Waals surface area contributed by atoms with Crippen LogP contribution < -0.4 is 0 Å². The molecule has 0 saturated carbocycles. The van der Waals surface area contributed by atoms with Gasteiger partial charge in [-0.25, -0.2) is 0 Å². The maximum atomic E-state index is 11.3. The molecule has 0 fully saturated rings. The van der Waals surface area contributed by atoms with E-state index in [-0.39, 0.29) is 15.2 Å². The SMILES string of the molecule is CC(C)C(Sc1ccccc1)(Sc1ccccc1)[C@H](C)[C@@H](Sc1ccccc1)C(C)(C)O. The molecule has 2 atom stereocenters. The van der Waals surface area contributed by atoms with Crippen molar-refractivity contribution in [2.45, 2.75) is 64.2 Å². The Morgan fingerprint density at radius 2 is 1.00 bits per heavy atom. The molecule has 0 amide bonds. The molecule has 1 N–H and O–H groups in total. The molecule has 0 bridgehead atoms. The summed E-state index contributed by atoms with van der Waals surface area (Å²) in [5, 5.41) is 11.4.